The van der Waals surface area contributed by atoms with Gasteiger partial charge in [-0.3, -0.25) is 14.9 Å². The van der Waals surface area contributed by atoms with Crippen LogP contribution in [0.4, 0.5) is 5.69 Å². The number of aromatic hydroxyl groups is 1. The van der Waals surface area contributed by atoms with E-state index < -0.39 is 16.8 Å². The first-order chi connectivity index (χ1) is 12.8. The number of aromatic amines is 1. The summed E-state index contributed by atoms with van der Waals surface area (Å²) in [5.41, 5.74) is 3.39. The number of hydrogen-bond acceptors (Lipinski definition) is 7. The summed E-state index contributed by atoms with van der Waals surface area (Å²) < 4.78 is 4.96. The first-order valence-electron chi connectivity index (χ1n) is 7.93. The van der Waals surface area contributed by atoms with Gasteiger partial charge in [-0.15, -0.1) is 0 Å². The molecule has 0 unspecified atom stereocenters. The number of ether oxygens (including phenoxy) is 1. The smallest absolute Gasteiger partial charge is 0.340 e. The molecule has 1 heterocycles. The number of H-pyrrole nitrogens is 1. The lowest BCUT2D eigenvalue weighted by molar-refractivity contribution is -0.384. The molecule has 1 amide bonds. The van der Waals surface area contributed by atoms with Crippen molar-refractivity contribution in [3.05, 3.63) is 56.4 Å². The summed E-state index contributed by atoms with van der Waals surface area (Å²) in [7, 11) is 0. The number of nitro groups is 1. The predicted octanol–water partition coefficient (Wildman–Crippen LogP) is 2.19. The molecule has 0 aliphatic carbocycles. The fourth-order valence-electron chi connectivity index (χ4n) is 2.46. The first kappa shape index (κ1) is 19.6. The van der Waals surface area contributed by atoms with Crippen LogP contribution in [0.1, 0.15) is 44.6 Å². The second kappa shape index (κ2) is 8.13. The van der Waals surface area contributed by atoms with Gasteiger partial charge in [-0.2, -0.15) is 5.10 Å². The maximum absolute atomic E-state index is 12.3. The van der Waals surface area contributed by atoms with Crippen LogP contribution in [0.15, 0.2) is 23.3 Å². The van der Waals surface area contributed by atoms with Crippen LogP contribution in [0.5, 0.6) is 5.75 Å². The van der Waals surface area contributed by atoms with Crippen molar-refractivity contribution >= 4 is 23.8 Å². The van der Waals surface area contributed by atoms with Gasteiger partial charge in [0.25, 0.3) is 11.6 Å². The molecule has 0 spiro atoms. The largest absolute Gasteiger partial charge is 0.507 e. The summed E-state index contributed by atoms with van der Waals surface area (Å²) in [4.78, 5) is 37.2. The highest BCUT2D eigenvalue weighted by atomic mass is 16.6. The molecule has 10 nitrogen and oxygen atoms in total. The second-order valence-corrected chi connectivity index (χ2v) is 5.54. The molecule has 2 aromatic rings. The molecular formula is C17H18N4O6. The zero-order valence-electron chi connectivity index (χ0n) is 14.9. The molecule has 0 aliphatic rings. The number of hydrazone groups is 1. The Kier molecular flexibility index (Phi) is 5.91. The van der Waals surface area contributed by atoms with E-state index >= 15 is 0 Å². The average Bonchev–Trinajstić information content (AvgIpc) is 2.91. The van der Waals surface area contributed by atoms with E-state index in [-0.39, 0.29) is 34.9 Å². The quantitative estimate of drug-likeness (QED) is 0.306. The summed E-state index contributed by atoms with van der Waals surface area (Å²) in [5, 5.41) is 24.2. The monoisotopic (exact) mass is 374 g/mol. The van der Waals surface area contributed by atoms with Crippen LogP contribution in [0.3, 0.4) is 0 Å². The minimum atomic E-state index is -0.618. The van der Waals surface area contributed by atoms with Gasteiger partial charge in [0.05, 0.1) is 23.3 Å². The maximum atomic E-state index is 12.3. The van der Waals surface area contributed by atoms with Crippen molar-refractivity contribution in [1.82, 2.24) is 10.4 Å². The lowest BCUT2D eigenvalue weighted by Crippen LogP contribution is -2.19. The molecule has 0 saturated heterocycles. The molecule has 0 fully saturated rings. The Balaban J connectivity index is 2.18. The number of rotatable bonds is 6. The van der Waals surface area contributed by atoms with Crippen molar-refractivity contribution in [2.24, 2.45) is 5.10 Å². The SMILES string of the molecule is CCOC(=O)c1c(C)[nH]c(C(=O)N/N=C\c2cc([N+](=O)[O-])ccc2O)c1C. The number of carbonyl (C=O) groups is 2. The Hall–Kier alpha value is -3.69. The minimum absolute atomic E-state index is 0.0658. The van der Waals surface area contributed by atoms with Crippen molar-refractivity contribution in [3.63, 3.8) is 0 Å². The van der Waals surface area contributed by atoms with E-state index in [1.807, 2.05) is 0 Å². The van der Waals surface area contributed by atoms with Gasteiger partial charge in [-0.05, 0) is 32.4 Å². The third-order valence-electron chi connectivity index (χ3n) is 3.74. The lowest BCUT2D eigenvalue weighted by Gasteiger charge is -2.02. The molecule has 0 atom stereocenters. The van der Waals surface area contributed by atoms with Crippen LogP contribution >= 0.6 is 0 Å². The van der Waals surface area contributed by atoms with Crippen LogP contribution in [0, 0.1) is 24.0 Å². The number of hydrogen-bond donors (Lipinski definition) is 3. The van der Waals surface area contributed by atoms with E-state index in [1.165, 1.54) is 0 Å². The van der Waals surface area contributed by atoms with E-state index in [4.69, 9.17) is 4.74 Å². The Morgan fingerprint density at radius 1 is 1.41 bits per heavy atom. The molecule has 0 saturated carbocycles. The summed E-state index contributed by atoms with van der Waals surface area (Å²) in [6.45, 7) is 5.13. The molecule has 142 valence electrons. The number of phenolic OH excluding ortho intramolecular Hbond substituents is 1. The van der Waals surface area contributed by atoms with Gasteiger partial charge < -0.3 is 14.8 Å². The number of phenols is 1. The van der Waals surface area contributed by atoms with Crippen LogP contribution in [-0.2, 0) is 4.74 Å². The van der Waals surface area contributed by atoms with Crippen LogP contribution in [-0.4, -0.2) is 39.7 Å². The number of benzene rings is 1. The van der Waals surface area contributed by atoms with Gasteiger partial charge in [-0.25, -0.2) is 10.2 Å². The Morgan fingerprint density at radius 2 is 2.11 bits per heavy atom. The summed E-state index contributed by atoms with van der Waals surface area (Å²) >= 11 is 0. The van der Waals surface area contributed by atoms with Gasteiger partial charge in [0.2, 0.25) is 0 Å². The number of aryl methyl sites for hydroxylation is 1. The highest BCUT2D eigenvalue weighted by Crippen LogP contribution is 2.21. The van der Waals surface area contributed by atoms with Crippen LogP contribution < -0.4 is 5.43 Å². The second-order valence-electron chi connectivity index (χ2n) is 5.54. The van der Waals surface area contributed by atoms with E-state index in [0.29, 0.717) is 11.3 Å². The van der Waals surface area contributed by atoms with E-state index in [9.17, 15) is 24.8 Å². The van der Waals surface area contributed by atoms with E-state index in [0.717, 1.165) is 24.4 Å². The highest BCUT2D eigenvalue weighted by Gasteiger charge is 2.22. The highest BCUT2D eigenvalue weighted by molar-refractivity contribution is 6.00. The van der Waals surface area contributed by atoms with E-state index in [1.54, 1.807) is 20.8 Å². The van der Waals surface area contributed by atoms with Crippen LogP contribution in [0.25, 0.3) is 0 Å². The molecule has 2 rings (SSSR count). The zero-order valence-corrected chi connectivity index (χ0v) is 14.9. The van der Waals surface area contributed by atoms with Gasteiger partial charge in [-0.1, -0.05) is 0 Å². The number of non-ortho nitro benzene ring substituents is 1. The van der Waals surface area contributed by atoms with Gasteiger partial charge >= 0.3 is 5.97 Å². The van der Waals surface area contributed by atoms with Crippen molar-refractivity contribution in [2.75, 3.05) is 6.61 Å². The van der Waals surface area contributed by atoms with Crippen molar-refractivity contribution in [2.45, 2.75) is 20.8 Å². The molecule has 1 aromatic heterocycles. The summed E-state index contributed by atoms with van der Waals surface area (Å²) in [6, 6.07) is 3.42. The number of amides is 1. The fourth-order valence-corrected chi connectivity index (χ4v) is 2.46. The normalized spacial score (nSPS) is 10.8. The van der Waals surface area contributed by atoms with Crippen molar-refractivity contribution < 1.29 is 24.4 Å². The molecule has 27 heavy (non-hydrogen) atoms. The third kappa shape index (κ3) is 4.29. The first-order valence-corrected chi connectivity index (χ1v) is 7.93. The Bertz CT molecular complexity index is 932. The van der Waals surface area contributed by atoms with E-state index in [2.05, 4.69) is 15.5 Å². The number of aromatic nitrogens is 1. The number of carbonyl (C=O) groups excluding carboxylic acids is 2. The standard InChI is InChI=1S/C17H18N4O6/c1-4-27-17(24)14-9(2)15(19-10(14)3)16(23)20-18-8-11-7-12(21(25)26)5-6-13(11)22/h5-8,19,22H,4H2,1-3H3,(H,20,23)/b18-8-. The van der Waals surface area contributed by atoms with Gasteiger partial charge in [0.1, 0.15) is 11.4 Å². The van der Waals surface area contributed by atoms with Crippen LogP contribution in [0.2, 0.25) is 0 Å². The summed E-state index contributed by atoms with van der Waals surface area (Å²) in [5.74, 6) is -1.38. The number of nitrogens with zero attached hydrogens (tertiary/aromatic N) is 2. The molecule has 0 aliphatic heterocycles. The number of nitrogens with one attached hydrogen (secondary N) is 2. The summed E-state index contributed by atoms with van der Waals surface area (Å²) in [6.07, 6.45) is 1.08. The lowest BCUT2D eigenvalue weighted by atomic mass is 10.1. The third-order valence-corrected chi connectivity index (χ3v) is 3.74. The molecule has 0 bridgehead atoms. The molecule has 0 radical (unpaired) electrons. The van der Waals surface area contributed by atoms with Gasteiger partial charge in [0.15, 0.2) is 0 Å². The molecule has 10 heteroatoms. The topological polar surface area (TPSA) is 147 Å². The number of esters is 1. The average molecular weight is 374 g/mol. The van der Waals surface area contributed by atoms with Crippen molar-refractivity contribution in [1.29, 1.82) is 0 Å². The maximum Gasteiger partial charge on any atom is 0.340 e. The molecular weight excluding hydrogens is 356 g/mol. The Morgan fingerprint density at radius 3 is 2.74 bits per heavy atom. The van der Waals surface area contributed by atoms with Crippen molar-refractivity contribution in [3.8, 4) is 5.75 Å². The minimum Gasteiger partial charge on any atom is -0.507 e. The fraction of sp³-hybridized carbons (Fsp3) is 0.235. The molecule has 3 N–H and O–H groups in total. The zero-order chi connectivity index (χ0) is 20.1. The number of nitro benzene ring substituents is 1. The molecule has 1 aromatic carbocycles. The Labute approximate surface area is 154 Å². The van der Waals surface area contributed by atoms with Gasteiger partial charge in [0, 0.05) is 23.4 Å². The predicted molar refractivity (Wildman–Crippen MR) is 96.0 cm³/mol.